The number of nitrogens with one attached hydrogen (secondary N) is 2. The Bertz CT molecular complexity index is 785. The molecule has 4 heteroatoms. The molecule has 0 bridgehead atoms. The van der Waals surface area contributed by atoms with Crippen molar-refractivity contribution < 1.29 is 9.59 Å². The first-order valence-electron chi connectivity index (χ1n) is 8.70. The van der Waals surface area contributed by atoms with E-state index < -0.39 is 0 Å². The normalized spacial score (nSPS) is 18.5. The Morgan fingerprint density at radius 2 is 1.60 bits per heavy atom. The van der Waals surface area contributed by atoms with Crippen LogP contribution < -0.4 is 10.6 Å². The fourth-order valence-electron chi connectivity index (χ4n) is 3.04. The molecule has 0 heterocycles. The summed E-state index contributed by atoms with van der Waals surface area (Å²) in [7, 11) is 0. The Kier molecular flexibility index (Phi) is 5.17. The Hall–Kier alpha value is -2.62. The van der Waals surface area contributed by atoms with Crippen molar-refractivity contribution in [3.63, 3.8) is 0 Å². The molecule has 4 nitrogen and oxygen atoms in total. The van der Waals surface area contributed by atoms with Gasteiger partial charge in [0.2, 0.25) is 11.8 Å². The molecular weight excluding hydrogens is 312 g/mol. The highest BCUT2D eigenvalue weighted by molar-refractivity contribution is 5.92. The lowest BCUT2D eigenvalue weighted by molar-refractivity contribution is -0.127. The molecule has 2 amide bonds. The van der Waals surface area contributed by atoms with E-state index in [0.717, 1.165) is 16.7 Å². The van der Waals surface area contributed by atoms with Crippen LogP contribution in [-0.4, -0.2) is 11.8 Å². The predicted octanol–water partition coefficient (Wildman–Crippen LogP) is 2.87. The number of carbonyl (C=O) groups is 2. The molecular formula is C21H24N2O2. The second-order valence-corrected chi connectivity index (χ2v) is 6.80. The highest BCUT2D eigenvalue weighted by Gasteiger charge is 2.47. The molecule has 1 aliphatic carbocycles. The summed E-state index contributed by atoms with van der Waals surface area (Å²) in [4.78, 5) is 24.4. The van der Waals surface area contributed by atoms with Crippen molar-refractivity contribution in [1.82, 2.24) is 10.6 Å². The van der Waals surface area contributed by atoms with Crippen LogP contribution in [0.2, 0.25) is 0 Å². The summed E-state index contributed by atoms with van der Waals surface area (Å²) >= 11 is 0. The lowest BCUT2D eigenvalue weighted by atomic mass is 10.1. The van der Waals surface area contributed by atoms with Crippen LogP contribution in [0.4, 0.5) is 0 Å². The molecule has 130 valence electrons. The third-order valence-corrected chi connectivity index (χ3v) is 4.73. The van der Waals surface area contributed by atoms with E-state index in [1.807, 2.05) is 56.3 Å². The third kappa shape index (κ3) is 4.47. The summed E-state index contributed by atoms with van der Waals surface area (Å²) in [5, 5.41) is 5.89. The summed E-state index contributed by atoms with van der Waals surface area (Å²) in [5.74, 6) is -0.445. The van der Waals surface area contributed by atoms with Gasteiger partial charge in [0.1, 0.15) is 0 Å². The zero-order chi connectivity index (χ0) is 17.8. The van der Waals surface area contributed by atoms with Gasteiger partial charge in [-0.15, -0.1) is 0 Å². The molecule has 2 N–H and O–H groups in total. The monoisotopic (exact) mass is 336 g/mol. The van der Waals surface area contributed by atoms with E-state index in [-0.39, 0.29) is 23.7 Å². The van der Waals surface area contributed by atoms with Crippen LogP contribution in [0.1, 0.15) is 28.7 Å². The quantitative estimate of drug-likeness (QED) is 0.852. The molecule has 0 aliphatic heterocycles. The lowest BCUT2D eigenvalue weighted by Gasteiger charge is -2.08. The summed E-state index contributed by atoms with van der Waals surface area (Å²) in [6.07, 6.45) is 0.638. The molecule has 2 atom stereocenters. The van der Waals surface area contributed by atoms with Crippen LogP contribution in [-0.2, 0) is 22.7 Å². The smallest absolute Gasteiger partial charge is 0.224 e. The van der Waals surface area contributed by atoms with Gasteiger partial charge in [0.25, 0.3) is 0 Å². The Morgan fingerprint density at radius 3 is 2.28 bits per heavy atom. The molecule has 2 aromatic rings. The fraction of sp³-hybridized carbons (Fsp3) is 0.333. The Morgan fingerprint density at radius 1 is 0.920 bits per heavy atom. The van der Waals surface area contributed by atoms with Gasteiger partial charge in [-0.05, 0) is 37.0 Å². The van der Waals surface area contributed by atoms with Crippen molar-refractivity contribution in [3.8, 4) is 0 Å². The van der Waals surface area contributed by atoms with Gasteiger partial charge in [0.15, 0.2) is 0 Å². The molecule has 1 fully saturated rings. The zero-order valence-electron chi connectivity index (χ0n) is 14.7. The first-order valence-corrected chi connectivity index (χ1v) is 8.70. The van der Waals surface area contributed by atoms with Gasteiger partial charge < -0.3 is 10.6 Å². The largest absolute Gasteiger partial charge is 0.352 e. The number of rotatable bonds is 6. The van der Waals surface area contributed by atoms with Crippen LogP contribution in [0, 0.1) is 25.7 Å². The molecule has 0 spiro atoms. The van der Waals surface area contributed by atoms with E-state index >= 15 is 0 Å². The third-order valence-electron chi connectivity index (χ3n) is 4.73. The van der Waals surface area contributed by atoms with Crippen LogP contribution in [0.15, 0.2) is 48.5 Å². The summed E-state index contributed by atoms with van der Waals surface area (Å²) in [5.41, 5.74) is 4.52. The van der Waals surface area contributed by atoms with Crippen molar-refractivity contribution in [2.45, 2.75) is 33.4 Å². The summed E-state index contributed by atoms with van der Waals surface area (Å²) in [6.45, 7) is 5.08. The number of benzene rings is 2. The molecule has 0 radical (unpaired) electrons. The molecule has 2 unspecified atom stereocenters. The number of hydrogen-bond donors (Lipinski definition) is 2. The van der Waals surface area contributed by atoms with E-state index in [0.29, 0.717) is 19.5 Å². The second-order valence-electron chi connectivity index (χ2n) is 6.80. The molecule has 25 heavy (non-hydrogen) atoms. The SMILES string of the molecule is Cc1cccc(CNC(=O)C2CC2C(=O)NCc2ccccc2C)c1. The molecule has 1 aliphatic rings. The maximum Gasteiger partial charge on any atom is 0.224 e. The van der Waals surface area contributed by atoms with Gasteiger partial charge >= 0.3 is 0 Å². The number of amides is 2. The highest BCUT2D eigenvalue weighted by Crippen LogP contribution is 2.38. The minimum absolute atomic E-state index is 0.0287. The van der Waals surface area contributed by atoms with Crippen molar-refractivity contribution >= 4 is 11.8 Å². The van der Waals surface area contributed by atoms with Gasteiger partial charge in [-0.2, -0.15) is 0 Å². The first-order chi connectivity index (χ1) is 12.0. The van der Waals surface area contributed by atoms with E-state index in [1.165, 1.54) is 5.56 Å². The van der Waals surface area contributed by atoms with Gasteiger partial charge in [0, 0.05) is 13.1 Å². The zero-order valence-corrected chi connectivity index (χ0v) is 14.7. The average Bonchev–Trinajstić information content (AvgIpc) is 3.40. The predicted molar refractivity (Wildman–Crippen MR) is 97.6 cm³/mol. The van der Waals surface area contributed by atoms with Crippen LogP contribution in [0.25, 0.3) is 0 Å². The van der Waals surface area contributed by atoms with Gasteiger partial charge in [-0.1, -0.05) is 54.1 Å². The van der Waals surface area contributed by atoms with Crippen molar-refractivity contribution in [3.05, 3.63) is 70.8 Å². The lowest BCUT2D eigenvalue weighted by Crippen LogP contribution is -2.29. The van der Waals surface area contributed by atoms with E-state index in [2.05, 4.69) is 16.7 Å². The molecule has 1 saturated carbocycles. The van der Waals surface area contributed by atoms with Crippen molar-refractivity contribution in [2.75, 3.05) is 0 Å². The minimum Gasteiger partial charge on any atom is -0.352 e. The standard InChI is InChI=1S/C21H24N2O2/c1-14-6-5-8-16(10-14)12-22-20(24)18-11-19(18)21(25)23-13-17-9-4-3-7-15(17)2/h3-10,18-19H,11-13H2,1-2H3,(H,22,24)(H,23,25). The van der Waals surface area contributed by atoms with Crippen molar-refractivity contribution in [2.24, 2.45) is 11.8 Å². The molecule has 2 aromatic carbocycles. The topological polar surface area (TPSA) is 58.2 Å². The van der Waals surface area contributed by atoms with E-state index in [9.17, 15) is 9.59 Å². The maximum atomic E-state index is 12.2. The van der Waals surface area contributed by atoms with Crippen LogP contribution in [0.3, 0.4) is 0 Å². The fourth-order valence-corrected chi connectivity index (χ4v) is 3.04. The number of hydrogen-bond acceptors (Lipinski definition) is 2. The Balaban J connectivity index is 1.44. The van der Waals surface area contributed by atoms with Gasteiger partial charge in [-0.25, -0.2) is 0 Å². The summed E-state index contributed by atoms with van der Waals surface area (Å²) < 4.78 is 0. The minimum atomic E-state index is -0.193. The Labute approximate surface area is 148 Å². The van der Waals surface area contributed by atoms with Gasteiger partial charge in [-0.3, -0.25) is 9.59 Å². The second kappa shape index (κ2) is 7.51. The van der Waals surface area contributed by atoms with Crippen LogP contribution in [0.5, 0.6) is 0 Å². The average molecular weight is 336 g/mol. The van der Waals surface area contributed by atoms with Gasteiger partial charge in [0.05, 0.1) is 11.8 Å². The molecule has 0 aromatic heterocycles. The number of aryl methyl sites for hydroxylation is 2. The summed E-state index contributed by atoms with van der Waals surface area (Å²) in [6, 6.07) is 16.0. The van der Waals surface area contributed by atoms with E-state index in [1.54, 1.807) is 0 Å². The van der Waals surface area contributed by atoms with Crippen molar-refractivity contribution in [1.29, 1.82) is 0 Å². The highest BCUT2D eigenvalue weighted by atomic mass is 16.2. The maximum absolute atomic E-state index is 12.2. The van der Waals surface area contributed by atoms with E-state index in [4.69, 9.17) is 0 Å². The molecule has 3 rings (SSSR count). The first kappa shape index (κ1) is 17.2. The molecule has 0 saturated heterocycles. The van der Waals surface area contributed by atoms with Crippen LogP contribution >= 0.6 is 0 Å². The number of carbonyl (C=O) groups excluding carboxylic acids is 2.